The van der Waals surface area contributed by atoms with E-state index in [4.69, 9.17) is 10.2 Å². The third kappa shape index (κ3) is 1.67. The van der Waals surface area contributed by atoms with Crippen molar-refractivity contribution in [3.05, 3.63) is 36.1 Å². The zero-order valence-corrected chi connectivity index (χ0v) is 7.69. The number of imide groups is 1. The van der Waals surface area contributed by atoms with Crippen molar-refractivity contribution in [1.29, 1.82) is 0 Å². The largest absolute Gasteiger partial charge is 0.463 e. The van der Waals surface area contributed by atoms with E-state index < -0.39 is 11.9 Å². The summed E-state index contributed by atoms with van der Waals surface area (Å²) in [6.45, 7) is 0. The van der Waals surface area contributed by atoms with Gasteiger partial charge in [0.25, 0.3) is 5.91 Å². The van der Waals surface area contributed by atoms with Gasteiger partial charge >= 0.3 is 6.03 Å². The maximum atomic E-state index is 11.5. The molecule has 0 saturated carbocycles. The highest BCUT2D eigenvalue weighted by molar-refractivity contribution is 6.11. The third-order valence-corrected chi connectivity index (χ3v) is 1.96. The number of benzene rings is 1. The second kappa shape index (κ2) is 3.45. The molecule has 0 fully saturated rings. The number of hydrogen-bond acceptors (Lipinski definition) is 3. The monoisotopic (exact) mass is 204 g/mol. The molecule has 0 saturated heterocycles. The Labute approximate surface area is 84.9 Å². The van der Waals surface area contributed by atoms with Gasteiger partial charge in [0.2, 0.25) is 0 Å². The summed E-state index contributed by atoms with van der Waals surface area (Å²) in [5.74, 6) is -0.563. The first-order valence-corrected chi connectivity index (χ1v) is 4.25. The van der Waals surface area contributed by atoms with E-state index in [1.165, 1.54) is 6.26 Å². The molecule has 0 aliphatic heterocycles. The Morgan fingerprint density at radius 1 is 1.27 bits per heavy atom. The lowest BCUT2D eigenvalue weighted by Gasteiger charge is -1.96. The Morgan fingerprint density at radius 3 is 2.73 bits per heavy atom. The van der Waals surface area contributed by atoms with Crippen LogP contribution in [0.5, 0.6) is 0 Å². The first-order chi connectivity index (χ1) is 7.18. The molecule has 1 heterocycles. The number of furan rings is 1. The fraction of sp³-hybridized carbons (Fsp3) is 0. The van der Waals surface area contributed by atoms with E-state index >= 15 is 0 Å². The van der Waals surface area contributed by atoms with Gasteiger partial charge in [0.1, 0.15) is 11.8 Å². The first kappa shape index (κ1) is 9.26. The number of carbonyl (C=O) groups excluding carboxylic acids is 2. The number of fused-ring (bicyclic) bond motifs is 1. The normalized spacial score (nSPS) is 10.1. The van der Waals surface area contributed by atoms with Crippen LogP contribution in [-0.4, -0.2) is 11.9 Å². The number of nitrogens with one attached hydrogen (secondary N) is 1. The molecule has 5 heteroatoms. The molecular formula is C10H8N2O3. The average Bonchev–Trinajstić information content (AvgIpc) is 2.59. The van der Waals surface area contributed by atoms with Crippen molar-refractivity contribution in [3.63, 3.8) is 0 Å². The fourth-order valence-electron chi connectivity index (χ4n) is 1.33. The van der Waals surface area contributed by atoms with Crippen molar-refractivity contribution < 1.29 is 14.0 Å². The van der Waals surface area contributed by atoms with Gasteiger partial charge in [0.15, 0.2) is 0 Å². The average molecular weight is 204 g/mol. The summed E-state index contributed by atoms with van der Waals surface area (Å²) in [6, 6.07) is 6.15. The molecule has 0 radical (unpaired) electrons. The molecule has 0 spiro atoms. The minimum Gasteiger partial charge on any atom is -0.463 e. The fourth-order valence-corrected chi connectivity index (χ4v) is 1.33. The first-order valence-electron chi connectivity index (χ1n) is 4.25. The van der Waals surface area contributed by atoms with Gasteiger partial charge in [0.05, 0.1) is 5.56 Å². The van der Waals surface area contributed by atoms with E-state index in [0.717, 1.165) is 0 Å². The van der Waals surface area contributed by atoms with E-state index in [0.29, 0.717) is 16.5 Å². The molecule has 0 aliphatic rings. The second-order valence-corrected chi connectivity index (χ2v) is 2.96. The molecule has 2 rings (SSSR count). The topological polar surface area (TPSA) is 85.3 Å². The summed E-state index contributed by atoms with van der Waals surface area (Å²) in [6.07, 6.45) is 1.29. The van der Waals surface area contributed by atoms with Crippen LogP contribution >= 0.6 is 0 Å². The molecule has 0 atom stereocenters. The Morgan fingerprint density at radius 2 is 2.00 bits per heavy atom. The van der Waals surface area contributed by atoms with Crippen molar-refractivity contribution in [2.45, 2.75) is 0 Å². The highest BCUT2D eigenvalue weighted by atomic mass is 16.3. The van der Waals surface area contributed by atoms with Crippen LogP contribution in [0, 0.1) is 0 Å². The zero-order valence-electron chi connectivity index (χ0n) is 7.69. The third-order valence-electron chi connectivity index (χ3n) is 1.96. The van der Waals surface area contributed by atoms with Gasteiger partial charge in [-0.25, -0.2) is 4.79 Å². The lowest BCUT2D eigenvalue weighted by Crippen LogP contribution is -2.34. The van der Waals surface area contributed by atoms with Gasteiger partial charge in [-0.05, 0) is 6.07 Å². The van der Waals surface area contributed by atoms with Gasteiger partial charge in [-0.1, -0.05) is 18.2 Å². The Balaban J connectivity index is 2.44. The van der Waals surface area contributed by atoms with E-state index in [1.54, 1.807) is 24.3 Å². The molecule has 3 amide bonds. The van der Waals surface area contributed by atoms with Crippen LogP contribution in [0.3, 0.4) is 0 Å². The molecule has 0 aliphatic carbocycles. The van der Waals surface area contributed by atoms with Crippen molar-refractivity contribution >= 4 is 22.9 Å². The predicted molar refractivity (Wildman–Crippen MR) is 53.3 cm³/mol. The molecular weight excluding hydrogens is 196 g/mol. The molecule has 2 aromatic rings. The number of hydrogen-bond donors (Lipinski definition) is 2. The van der Waals surface area contributed by atoms with Gasteiger partial charge in [0, 0.05) is 5.39 Å². The second-order valence-electron chi connectivity index (χ2n) is 2.96. The summed E-state index contributed by atoms with van der Waals surface area (Å²) < 4.78 is 5.14. The maximum absolute atomic E-state index is 11.5. The zero-order chi connectivity index (χ0) is 10.8. The molecule has 3 N–H and O–H groups in total. The van der Waals surface area contributed by atoms with Crippen molar-refractivity contribution in [2.24, 2.45) is 5.73 Å². The molecule has 0 unspecified atom stereocenters. The lowest BCUT2D eigenvalue weighted by atomic mass is 10.2. The van der Waals surface area contributed by atoms with E-state index in [9.17, 15) is 9.59 Å². The molecule has 76 valence electrons. The number of nitrogens with two attached hydrogens (primary N) is 1. The van der Waals surface area contributed by atoms with Gasteiger partial charge < -0.3 is 10.2 Å². The van der Waals surface area contributed by atoms with Crippen LogP contribution in [0.4, 0.5) is 4.79 Å². The number of rotatable bonds is 1. The van der Waals surface area contributed by atoms with E-state index in [2.05, 4.69) is 0 Å². The smallest absolute Gasteiger partial charge is 0.319 e. The van der Waals surface area contributed by atoms with Gasteiger partial charge in [-0.3, -0.25) is 10.1 Å². The minimum absolute atomic E-state index is 0.296. The number of carbonyl (C=O) groups is 2. The van der Waals surface area contributed by atoms with Crippen molar-refractivity contribution in [3.8, 4) is 0 Å². The highest BCUT2D eigenvalue weighted by Gasteiger charge is 2.14. The van der Waals surface area contributed by atoms with Gasteiger partial charge in [-0.15, -0.1) is 0 Å². The summed E-state index contributed by atoms with van der Waals surface area (Å²) in [5, 5.41) is 2.63. The number of para-hydroxylation sites is 1. The molecule has 5 nitrogen and oxygen atoms in total. The minimum atomic E-state index is -0.884. The molecule has 1 aromatic heterocycles. The van der Waals surface area contributed by atoms with Crippen molar-refractivity contribution in [1.82, 2.24) is 5.32 Å². The number of amides is 3. The summed E-state index contributed by atoms with van der Waals surface area (Å²) in [7, 11) is 0. The standard InChI is InChI=1S/C10H8N2O3/c11-10(14)12-9(13)7-5-15-8-4-2-1-3-6(7)8/h1-5H,(H3,11,12,13,14). The maximum Gasteiger partial charge on any atom is 0.319 e. The van der Waals surface area contributed by atoms with E-state index in [1.807, 2.05) is 5.32 Å². The Kier molecular flexibility index (Phi) is 2.13. The molecule has 15 heavy (non-hydrogen) atoms. The van der Waals surface area contributed by atoms with Crippen LogP contribution < -0.4 is 11.1 Å². The molecule has 0 bridgehead atoms. The predicted octanol–water partition coefficient (Wildman–Crippen LogP) is 1.24. The summed E-state index contributed by atoms with van der Waals surface area (Å²) >= 11 is 0. The van der Waals surface area contributed by atoms with Crippen LogP contribution in [0.1, 0.15) is 10.4 Å². The van der Waals surface area contributed by atoms with Crippen molar-refractivity contribution in [2.75, 3.05) is 0 Å². The Bertz CT molecular complexity index is 530. The van der Waals surface area contributed by atoms with Gasteiger partial charge in [-0.2, -0.15) is 0 Å². The quantitative estimate of drug-likeness (QED) is 0.732. The number of urea groups is 1. The number of primary amides is 1. The molecule has 1 aromatic carbocycles. The van der Waals surface area contributed by atoms with Crippen LogP contribution in [0.2, 0.25) is 0 Å². The SMILES string of the molecule is NC(=O)NC(=O)c1coc2ccccc12. The van der Waals surface area contributed by atoms with Crippen LogP contribution in [-0.2, 0) is 0 Å². The summed E-state index contributed by atoms with van der Waals surface area (Å²) in [4.78, 5) is 22.0. The van der Waals surface area contributed by atoms with Crippen LogP contribution in [0.25, 0.3) is 11.0 Å². The Hall–Kier alpha value is -2.30. The summed E-state index contributed by atoms with van der Waals surface area (Å²) in [5.41, 5.74) is 5.73. The lowest BCUT2D eigenvalue weighted by molar-refractivity contribution is 0.0967. The van der Waals surface area contributed by atoms with Crippen LogP contribution in [0.15, 0.2) is 34.9 Å². The highest BCUT2D eigenvalue weighted by Crippen LogP contribution is 2.20. The van der Waals surface area contributed by atoms with E-state index in [-0.39, 0.29) is 0 Å².